The van der Waals surface area contributed by atoms with E-state index in [-0.39, 0.29) is 17.4 Å². The number of benzene rings is 1. The Morgan fingerprint density at radius 3 is 2.79 bits per heavy atom. The molecule has 0 radical (unpaired) electrons. The highest BCUT2D eigenvalue weighted by molar-refractivity contribution is 7.98. The molecule has 0 bridgehead atoms. The van der Waals surface area contributed by atoms with Gasteiger partial charge in [-0.15, -0.1) is 0 Å². The summed E-state index contributed by atoms with van der Waals surface area (Å²) in [6, 6.07) is 7.95. The number of likely N-dealkylation sites (tertiary alicyclic amines) is 1. The number of aromatic amines is 1. The Morgan fingerprint density at radius 1 is 1.42 bits per heavy atom. The highest BCUT2D eigenvalue weighted by Gasteiger charge is 2.35. The van der Waals surface area contributed by atoms with Crippen molar-refractivity contribution in [2.75, 3.05) is 13.1 Å². The third kappa shape index (κ3) is 3.79. The Bertz CT molecular complexity index is 684. The molecule has 0 aliphatic carbocycles. The van der Waals surface area contributed by atoms with Crippen LogP contribution in [0.25, 0.3) is 0 Å². The first-order chi connectivity index (χ1) is 11.5. The molecule has 1 unspecified atom stereocenters. The number of hydrogen-bond acceptors (Lipinski definition) is 5. The van der Waals surface area contributed by atoms with Crippen LogP contribution in [0, 0.1) is 5.41 Å². The number of nitrogens with one attached hydrogen (secondary N) is 1. The zero-order chi connectivity index (χ0) is 17.2. The number of nitrogens with two attached hydrogens (primary N) is 1. The van der Waals surface area contributed by atoms with E-state index in [1.165, 1.54) is 6.33 Å². The second-order valence-corrected chi connectivity index (χ2v) is 7.85. The molecule has 1 aliphatic rings. The van der Waals surface area contributed by atoms with Crippen molar-refractivity contribution in [1.29, 1.82) is 0 Å². The highest BCUT2D eigenvalue weighted by Crippen LogP contribution is 2.28. The molecule has 3 N–H and O–H groups in total. The monoisotopic (exact) mass is 345 g/mol. The van der Waals surface area contributed by atoms with Crippen molar-refractivity contribution in [2.24, 2.45) is 11.1 Å². The number of H-pyrrole nitrogens is 1. The summed E-state index contributed by atoms with van der Waals surface area (Å²) in [4.78, 5) is 18.7. The molecular weight excluding hydrogens is 322 g/mol. The SMILES string of the molecule is CC1(C)CN(C(=O)c2ccc(CSc3ncn[nH]3)cc2)CCC1N. The van der Waals surface area contributed by atoms with Crippen LogP contribution in [0.15, 0.2) is 35.7 Å². The molecule has 1 fully saturated rings. The quantitative estimate of drug-likeness (QED) is 0.830. The van der Waals surface area contributed by atoms with Gasteiger partial charge in [0.2, 0.25) is 0 Å². The fraction of sp³-hybridized carbons (Fsp3) is 0.471. The Labute approximate surface area is 146 Å². The first-order valence-corrected chi connectivity index (χ1v) is 9.06. The van der Waals surface area contributed by atoms with Crippen molar-refractivity contribution < 1.29 is 4.79 Å². The van der Waals surface area contributed by atoms with Crippen LogP contribution >= 0.6 is 11.8 Å². The Kier molecular flexibility index (Phi) is 4.91. The van der Waals surface area contributed by atoms with Gasteiger partial charge in [0, 0.05) is 30.4 Å². The molecule has 1 saturated heterocycles. The molecule has 1 aromatic heterocycles. The van der Waals surface area contributed by atoms with E-state index in [2.05, 4.69) is 29.0 Å². The predicted molar refractivity (Wildman–Crippen MR) is 94.7 cm³/mol. The average molecular weight is 345 g/mol. The first kappa shape index (κ1) is 17.0. The van der Waals surface area contributed by atoms with E-state index in [1.807, 2.05) is 29.2 Å². The molecule has 7 heteroatoms. The molecule has 24 heavy (non-hydrogen) atoms. The van der Waals surface area contributed by atoms with Crippen molar-refractivity contribution in [3.8, 4) is 0 Å². The fourth-order valence-corrected chi connectivity index (χ4v) is 3.62. The summed E-state index contributed by atoms with van der Waals surface area (Å²) in [6.45, 7) is 5.68. The molecule has 128 valence electrons. The van der Waals surface area contributed by atoms with E-state index in [9.17, 15) is 4.79 Å². The number of carbonyl (C=O) groups is 1. The zero-order valence-corrected chi connectivity index (χ0v) is 14.8. The molecule has 3 rings (SSSR count). The van der Waals surface area contributed by atoms with Gasteiger partial charge in [0.15, 0.2) is 5.16 Å². The van der Waals surface area contributed by atoms with Crippen LogP contribution < -0.4 is 5.73 Å². The standard InChI is InChI=1S/C17H23N5OS/c1-17(2)10-22(8-7-14(17)18)15(23)13-5-3-12(4-6-13)9-24-16-19-11-20-21-16/h3-6,11,14H,7-10,18H2,1-2H3,(H,19,20,21). The molecule has 2 heterocycles. The number of hydrogen-bond donors (Lipinski definition) is 2. The summed E-state index contributed by atoms with van der Waals surface area (Å²) in [5.41, 5.74) is 7.99. The maximum Gasteiger partial charge on any atom is 0.253 e. The number of rotatable bonds is 4. The summed E-state index contributed by atoms with van der Waals surface area (Å²) < 4.78 is 0. The summed E-state index contributed by atoms with van der Waals surface area (Å²) in [5, 5.41) is 7.44. The Hall–Kier alpha value is -1.86. The predicted octanol–water partition coefficient (Wildman–Crippen LogP) is 2.30. The van der Waals surface area contributed by atoms with Crippen LogP contribution in [-0.2, 0) is 5.75 Å². The van der Waals surface area contributed by atoms with Gasteiger partial charge in [0.05, 0.1) is 0 Å². The summed E-state index contributed by atoms with van der Waals surface area (Å²) >= 11 is 1.58. The van der Waals surface area contributed by atoms with Gasteiger partial charge in [-0.2, -0.15) is 5.10 Å². The van der Waals surface area contributed by atoms with E-state index >= 15 is 0 Å². The van der Waals surface area contributed by atoms with Crippen molar-refractivity contribution in [2.45, 2.75) is 37.2 Å². The minimum Gasteiger partial charge on any atom is -0.338 e. The van der Waals surface area contributed by atoms with E-state index in [1.54, 1.807) is 11.8 Å². The zero-order valence-electron chi connectivity index (χ0n) is 14.0. The van der Waals surface area contributed by atoms with Gasteiger partial charge < -0.3 is 10.6 Å². The second kappa shape index (κ2) is 6.94. The molecule has 1 atom stereocenters. The van der Waals surface area contributed by atoms with Gasteiger partial charge in [-0.1, -0.05) is 37.7 Å². The van der Waals surface area contributed by atoms with Crippen molar-refractivity contribution in [1.82, 2.24) is 20.1 Å². The number of thioether (sulfide) groups is 1. The van der Waals surface area contributed by atoms with E-state index in [0.29, 0.717) is 6.54 Å². The lowest BCUT2D eigenvalue weighted by molar-refractivity contribution is 0.0533. The molecule has 1 amide bonds. The van der Waals surface area contributed by atoms with Crippen LogP contribution in [0.4, 0.5) is 0 Å². The maximum absolute atomic E-state index is 12.7. The minimum atomic E-state index is -0.0401. The second-order valence-electron chi connectivity index (χ2n) is 6.89. The first-order valence-electron chi connectivity index (χ1n) is 8.08. The maximum atomic E-state index is 12.7. The van der Waals surface area contributed by atoms with Crippen LogP contribution in [0.2, 0.25) is 0 Å². The molecule has 0 saturated carbocycles. The lowest BCUT2D eigenvalue weighted by Crippen LogP contribution is -2.53. The number of piperidine rings is 1. The number of carbonyl (C=O) groups excluding carboxylic acids is 1. The normalized spacial score (nSPS) is 20.1. The van der Waals surface area contributed by atoms with E-state index < -0.39 is 0 Å². The van der Waals surface area contributed by atoms with Crippen molar-refractivity contribution in [3.63, 3.8) is 0 Å². The number of nitrogens with zero attached hydrogens (tertiary/aromatic N) is 3. The van der Waals surface area contributed by atoms with Crippen molar-refractivity contribution in [3.05, 3.63) is 41.7 Å². The summed E-state index contributed by atoms with van der Waals surface area (Å²) in [5.74, 6) is 0.874. The molecule has 6 nitrogen and oxygen atoms in total. The Balaban J connectivity index is 1.61. The van der Waals surface area contributed by atoms with E-state index in [0.717, 1.165) is 35.0 Å². The summed E-state index contributed by atoms with van der Waals surface area (Å²) in [6.07, 6.45) is 2.35. The van der Waals surface area contributed by atoms with Gasteiger partial charge in [0.1, 0.15) is 6.33 Å². The largest absolute Gasteiger partial charge is 0.338 e. The third-order valence-electron chi connectivity index (χ3n) is 4.57. The summed E-state index contributed by atoms with van der Waals surface area (Å²) in [7, 11) is 0. The molecular formula is C17H23N5OS. The molecule has 1 aromatic carbocycles. The van der Waals surface area contributed by atoms with E-state index in [4.69, 9.17) is 5.73 Å². The van der Waals surface area contributed by atoms with Crippen LogP contribution in [0.1, 0.15) is 36.2 Å². The molecule has 0 spiro atoms. The Morgan fingerprint density at radius 2 is 2.17 bits per heavy atom. The van der Waals surface area contributed by atoms with Gasteiger partial charge >= 0.3 is 0 Å². The van der Waals surface area contributed by atoms with Gasteiger partial charge in [-0.3, -0.25) is 9.89 Å². The van der Waals surface area contributed by atoms with Gasteiger partial charge in [0.25, 0.3) is 5.91 Å². The third-order valence-corrected chi connectivity index (χ3v) is 5.52. The van der Waals surface area contributed by atoms with Crippen LogP contribution in [-0.4, -0.2) is 45.1 Å². The highest BCUT2D eigenvalue weighted by atomic mass is 32.2. The number of amides is 1. The van der Waals surface area contributed by atoms with Gasteiger partial charge in [-0.05, 0) is 29.5 Å². The van der Waals surface area contributed by atoms with Crippen LogP contribution in [0.5, 0.6) is 0 Å². The lowest BCUT2D eigenvalue weighted by atomic mass is 9.79. The molecule has 2 aromatic rings. The molecule has 1 aliphatic heterocycles. The fourth-order valence-electron chi connectivity index (χ4n) is 2.89. The van der Waals surface area contributed by atoms with Crippen LogP contribution in [0.3, 0.4) is 0 Å². The lowest BCUT2D eigenvalue weighted by Gasteiger charge is -2.42. The average Bonchev–Trinajstić information content (AvgIpc) is 3.09. The van der Waals surface area contributed by atoms with Crippen molar-refractivity contribution >= 4 is 17.7 Å². The number of aromatic nitrogens is 3. The minimum absolute atomic E-state index is 0.0401. The smallest absolute Gasteiger partial charge is 0.253 e. The topological polar surface area (TPSA) is 87.9 Å². The van der Waals surface area contributed by atoms with Gasteiger partial charge in [-0.25, -0.2) is 4.98 Å².